The van der Waals surface area contributed by atoms with Crippen molar-refractivity contribution < 1.29 is 4.79 Å². The zero-order chi connectivity index (χ0) is 17.4. The summed E-state index contributed by atoms with van der Waals surface area (Å²) in [5, 5.41) is 4.46. The fourth-order valence-electron chi connectivity index (χ4n) is 2.67. The lowest BCUT2D eigenvalue weighted by Crippen LogP contribution is -2.31. The third-order valence-corrected chi connectivity index (χ3v) is 4.26. The SMILES string of the molecule is CC(C)c1ccc(N(C)C(=O)c2c[nH]c3c(cnn3C)c2=O)cc1. The molecule has 0 aliphatic rings. The molecule has 1 amide bonds. The van der Waals surface area contributed by atoms with Crippen molar-refractivity contribution in [1.82, 2.24) is 14.8 Å². The van der Waals surface area contributed by atoms with Gasteiger partial charge in [-0.3, -0.25) is 14.3 Å². The molecule has 1 aromatic carbocycles. The zero-order valence-electron chi connectivity index (χ0n) is 14.2. The first-order valence-electron chi connectivity index (χ1n) is 7.81. The molecule has 0 unspecified atom stereocenters. The van der Waals surface area contributed by atoms with Crippen LogP contribution in [0, 0.1) is 0 Å². The molecule has 1 N–H and O–H groups in total. The van der Waals surface area contributed by atoms with Gasteiger partial charge < -0.3 is 9.88 Å². The van der Waals surface area contributed by atoms with Crippen molar-refractivity contribution in [2.24, 2.45) is 7.05 Å². The fraction of sp³-hybridized carbons (Fsp3) is 0.278. The molecule has 0 spiro atoms. The van der Waals surface area contributed by atoms with Crippen molar-refractivity contribution in [3.8, 4) is 0 Å². The smallest absolute Gasteiger partial charge is 0.263 e. The summed E-state index contributed by atoms with van der Waals surface area (Å²) in [4.78, 5) is 29.7. The summed E-state index contributed by atoms with van der Waals surface area (Å²) in [6.45, 7) is 4.24. The molecule has 0 aliphatic carbocycles. The number of H-pyrrole nitrogens is 1. The second-order valence-corrected chi connectivity index (χ2v) is 6.17. The number of nitrogens with one attached hydrogen (secondary N) is 1. The predicted octanol–water partition coefficient (Wildman–Crippen LogP) is 2.66. The third kappa shape index (κ3) is 2.60. The average Bonchev–Trinajstić information content (AvgIpc) is 2.96. The van der Waals surface area contributed by atoms with Crippen molar-refractivity contribution in [1.29, 1.82) is 0 Å². The number of fused-ring (bicyclic) bond motifs is 1. The zero-order valence-corrected chi connectivity index (χ0v) is 14.2. The Kier molecular flexibility index (Phi) is 3.97. The highest BCUT2D eigenvalue weighted by molar-refractivity contribution is 6.06. The normalized spacial score (nSPS) is 11.2. The van der Waals surface area contributed by atoms with Gasteiger partial charge in [0.25, 0.3) is 5.91 Å². The maximum Gasteiger partial charge on any atom is 0.263 e. The van der Waals surface area contributed by atoms with Gasteiger partial charge in [0.1, 0.15) is 11.2 Å². The van der Waals surface area contributed by atoms with Crippen LogP contribution in [0.5, 0.6) is 0 Å². The summed E-state index contributed by atoms with van der Waals surface area (Å²) in [6, 6.07) is 7.78. The van der Waals surface area contributed by atoms with Crippen LogP contribution in [0.1, 0.15) is 35.7 Å². The van der Waals surface area contributed by atoms with Crippen molar-refractivity contribution in [3.05, 3.63) is 58.0 Å². The summed E-state index contributed by atoms with van der Waals surface area (Å²) in [7, 11) is 3.40. The number of aryl methyl sites for hydroxylation is 1. The molecule has 0 fully saturated rings. The number of nitrogens with zero attached hydrogens (tertiary/aromatic N) is 3. The predicted molar refractivity (Wildman–Crippen MR) is 94.6 cm³/mol. The van der Waals surface area contributed by atoms with Gasteiger partial charge in [0.05, 0.1) is 11.6 Å². The monoisotopic (exact) mass is 324 g/mol. The van der Waals surface area contributed by atoms with Crippen LogP contribution in [0.25, 0.3) is 11.0 Å². The van der Waals surface area contributed by atoms with Gasteiger partial charge in [-0.05, 0) is 23.6 Å². The van der Waals surface area contributed by atoms with Crippen LogP contribution in [0.3, 0.4) is 0 Å². The van der Waals surface area contributed by atoms with Gasteiger partial charge in [-0.2, -0.15) is 5.10 Å². The molecular weight excluding hydrogens is 304 g/mol. The molecule has 0 bridgehead atoms. The minimum atomic E-state index is -0.348. The summed E-state index contributed by atoms with van der Waals surface area (Å²) in [6.07, 6.45) is 2.93. The van der Waals surface area contributed by atoms with E-state index < -0.39 is 0 Å². The van der Waals surface area contributed by atoms with Crippen LogP contribution in [0.2, 0.25) is 0 Å². The van der Waals surface area contributed by atoms with Crippen LogP contribution in [-0.4, -0.2) is 27.7 Å². The summed E-state index contributed by atoms with van der Waals surface area (Å²) >= 11 is 0. The van der Waals surface area contributed by atoms with E-state index in [-0.39, 0.29) is 16.9 Å². The highest BCUT2D eigenvalue weighted by atomic mass is 16.2. The van der Waals surface area contributed by atoms with E-state index in [1.807, 2.05) is 24.3 Å². The molecular formula is C18H20N4O2. The standard InChI is InChI=1S/C18H20N4O2/c1-11(2)12-5-7-13(8-6-12)21(3)18(24)15-9-19-17-14(16(15)23)10-20-22(17)4/h5-11H,1-4H3,(H,19,23). The first kappa shape index (κ1) is 16.0. The highest BCUT2D eigenvalue weighted by Crippen LogP contribution is 2.20. The molecule has 0 saturated carbocycles. The molecule has 2 heterocycles. The number of benzene rings is 1. The number of hydrogen-bond acceptors (Lipinski definition) is 3. The Bertz CT molecular complexity index is 951. The Balaban J connectivity index is 1.96. The lowest BCUT2D eigenvalue weighted by Gasteiger charge is -2.18. The lowest BCUT2D eigenvalue weighted by atomic mass is 10.0. The number of aromatic amines is 1. The quantitative estimate of drug-likeness (QED) is 0.805. The van der Waals surface area contributed by atoms with E-state index in [9.17, 15) is 9.59 Å². The molecule has 0 aliphatic heterocycles. The minimum Gasteiger partial charge on any atom is -0.345 e. The molecule has 24 heavy (non-hydrogen) atoms. The number of carbonyl (C=O) groups excluding carboxylic acids is 1. The van der Waals surface area contributed by atoms with Crippen LogP contribution < -0.4 is 10.3 Å². The van der Waals surface area contributed by atoms with E-state index in [0.717, 1.165) is 5.69 Å². The Morgan fingerprint density at radius 1 is 1.25 bits per heavy atom. The van der Waals surface area contributed by atoms with Crippen molar-refractivity contribution in [3.63, 3.8) is 0 Å². The van der Waals surface area contributed by atoms with Gasteiger partial charge in [0.15, 0.2) is 0 Å². The summed E-state index contributed by atoms with van der Waals surface area (Å²) < 4.78 is 1.57. The number of pyridine rings is 1. The number of amides is 1. The molecule has 0 radical (unpaired) electrons. The van der Waals surface area contributed by atoms with Gasteiger partial charge in [0, 0.05) is 26.0 Å². The Labute approximate surface area is 139 Å². The first-order valence-corrected chi connectivity index (χ1v) is 7.81. The van der Waals surface area contributed by atoms with Crippen molar-refractivity contribution in [2.45, 2.75) is 19.8 Å². The largest absolute Gasteiger partial charge is 0.345 e. The van der Waals surface area contributed by atoms with Gasteiger partial charge in [-0.1, -0.05) is 26.0 Å². The summed E-state index contributed by atoms with van der Waals surface area (Å²) in [5.74, 6) is 0.0789. The van der Waals surface area contributed by atoms with Crippen molar-refractivity contribution >= 4 is 22.6 Å². The molecule has 3 aromatic rings. The highest BCUT2D eigenvalue weighted by Gasteiger charge is 2.19. The second kappa shape index (κ2) is 5.96. The maximum absolute atomic E-state index is 12.7. The van der Waals surface area contributed by atoms with E-state index in [2.05, 4.69) is 23.9 Å². The average molecular weight is 324 g/mol. The van der Waals surface area contributed by atoms with Crippen molar-refractivity contribution in [2.75, 3.05) is 11.9 Å². The van der Waals surface area contributed by atoms with Gasteiger partial charge in [-0.15, -0.1) is 0 Å². The van der Waals surface area contributed by atoms with Crippen LogP contribution in [0.15, 0.2) is 41.5 Å². The number of anilines is 1. The molecule has 3 rings (SSSR count). The van der Waals surface area contributed by atoms with Gasteiger partial charge in [-0.25, -0.2) is 0 Å². The third-order valence-electron chi connectivity index (χ3n) is 4.26. The Morgan fingerprint density at radius 2 is 1.92 bits per heavy atom. The Hall–Kier alpha value is -2.89. The van der Waals surface area contributed by atoms with Gasteiger partial charge in [0.2, 0.25) is 5.43 Å². The van der Waals surface area contributed by atoms with E-state index in [1.165, 1.54) is 22.9 Å². The number of aromatic nitrogens is 3. The van der Waals surface area contributed by atoms with E-state index >= 15 is 0 Å². The topological polar surface area (TPSA) is 71.0 Å². The molecule has 6 heteroatoms. The molecule has 124 valence electrons. The molecule has 0 saturated heterocycles. The minimum absolute atomic E-state index is 0.103. The summed E-state index contributed by atoms with van der Waals surface area (Å²) in [5.41, 5.74) is 2.34. The molecule has 0 atom stereocenters. The second-order valence-electron chi connectivity index (χ2n) is 6.17. The molecule has 6 nitrogen and oxygen atoms in total. The van der Waals surface area contributed by atoms with Crippen LogP contribution in [-0.2, 0) is 7.05 Å². The van der Waals surface area contributed by atoms with Crippen LogP contribution in [0.4, 0.5) is 5.69 Å². The van der Waals surface area contributed by atoms with Gasteiger partial charge >= 0.3 is 0 Å². The number of rotatable bonds is 3. The fourth-order valence-corrected chi connectivity index (χ4v) is 2.67. The van der Waals surface area contributed by atoms with E-state index in [1.54, 1.807) is 18.8 Å². The van der Waals surface area contributed by atoms with Crippen LogP contribution >= 0.6 is 0 Å². The number of hydrogen-bond donors (Lipinski definition) is 1. The molecule has 2 aromatic heterocycles. The number of carbonyl (C=O) groups is 1. The Morgan fingerprint density at radius 3 is 2.54 bits per heavy atom. The maximum atomic E-state index is 12.7. The lowest BCUT2D eigenvalue weighted by molar-refractivity contribution is 0.0992. The first-order chi connectivity index (χ1) is 11.4. The van der Waals surface area contributed by atoms with E-state index in [4.69, 9.17) is 0 Å². The van der Waals surface area contributed by atoms with E-state index in [0.29, 0.717) is 17.0 Å².